The van der Waals surface area contributed by atoms with Gasteiger partial charge >= 0.3 is 0 Å². The molecule has 118 valence electrons. The summed E-state index contributed by atoms with van der Waals surface area (Å²) in [6, 6.07) is 7.79. The number of anilines is 1. The van der Waals surface area contributed by atoms with Gasteiger partial charge in [-0.3, -0.25) is 14.5 Å². The summed E-state index contributed by atoms with van der Waals surface area (Å²) in [5, 5.41) is 11.5. The predicted molar refractivity (Wildman–Crippen MR) is 94.0 cm³/mol. The average molecular weight is 335 g/mol. The minimum absolute atomic E-state index is 0.250. The Kier molecular flexibility index (Phi) is 3.55. The first-order chi connectivity index (χ1) is 11.7. The summed E-state index contributed by atoms with van der Waals surface area (Å²) in [5.74, 6) is -0.250. The van der Waals surface area contributed by atoms with Crippen molar-refractivity contribution in [2.75, 3.05) is 5.32 Å². The van der Waals surface area contributed by atoms with Crippen LogP contribution in [0.1, 0.15) is 10.5 Å². The number of pyridine rings is 1. The molecule has 0 spiro atoms. The van der Waals surface area contributed by atoms with Crippen LogP contribution in [0.2, 0.25) is 0 Å². The lowest BCUT2D eigenvalue weighted by Crippen LogP contribution is -2.12. The fourth-order valence-corrected chi connectivity index (χ4v) is 3.22. The molecule has 1 N–H and O–H groups in total. The number of amides is 1. The van der Waals surface area contributed by atoms with Crippen LogP contribution in [0.3, 0.4) is 0 Å². The molecule has 0 atom stereocenters. The molecule has 4 rings (SSSR count). The highest BCUT2D eigenvalue weighted by Crippen LogP contribution is 2.25. The number of rotatable bonds is 3. The van der Waals surface area contributed by atoms with Crippen LogP contribution in [-0.2, 0) is 7.05 Å². The van der Waals surface area contributed by atoms with Crippen molar-refractivity contribution >= 4 is 33.7 Å². The first-order valence-corrected chi connectivity index (χ1v) is 8.17. The second-order valence-corrected chi connectivity index (χ2v) is 6.16. The molecule has 0 aliphatic rings. The van der Waals surface area contributed by atoms with E-state index >= 15 is 0 Å². The molecule has 0 aliphatic carbocycles. The molecule has 0 saturated heterocycles. The SMILES string of the molecule is Cn1cc(-c2nc(C(=O)Nc3cncc4ccccc34)cs2)cn1. The van der Waals surface area contributed by atoms with Gasteiger partial charge in [-0.1, -0.05) is 24.3 Å². The first-order valence-electron chi connectivity index (χ1n) is 7.29. The summed E-state index contributed by atoms with van der Waals surface area (Å²) < 4.78 is 1.71. The molecule has 0 radical (unpaired) electrons. The van der Waals surface area contributed by atoms with Gasteiger partial charge in [0.1, 0.15) is 10.7 Å². The van der Waals surface area contributed by atoms with Crippen molar-refractivity contribution in [2.45, 2.75) is 0 Å². The Labute approximate surface area is 141 Å². The van der Waals surface area contributed by atoms with E-state index in [4.69, 9.17) is 0 Å². The highest BCUT2D eigenvalue weighted by molar-refractivity contribution is 7.13. The quantitative estimate of drug-likeness (QED) is 0.623. The van der Waals surface area contributed by atoms with Gasteiger partial charge in [-0.05, 0) is 0 Å². The van der Waals surface area contributed by atoms with Gasteiger partial charge in [-0.2, -0.15) is 5.10 Å². The second kappa shape index (κ2) is 5.86. The third kappa shape index (κ3) is 2.65. The lowest BCUT2D eigenvalue weighted by atomic mass is 10.1. The fraction of sp³-hybridized carbons (Fsp3) is 0.0588. The number of benzene rings is 1. The summed E-state index contributed by atoms with van der Waals surface area (Å²) in [4.78, 5) is 21.1. The Morgan fingerprint density at radius 3 is 2.92 bits per heavy atom. The van der Waals surface area contributed by atoms with Crippen LogP contribution in [0, 0.1) is 0 Å². The van der Waals surface area contributed by atoms with E-state index in [9.17, 15) is 4.79 Å². The van der Waals surface area contributed by atoms with E-state index in [-0.39, 0.29) is 5.91 Å². The number of thiazole rings is 1. The van der Waals surface area contributed by atoms with Gasteiger partial charge < -0.3 is 5.32 Å². The zero-order chi connectivity index (χ0) is 16.5. The maximum atomic E-state index is 12.5. The smallest absolute Gasteiger partial charge is 0.275 e. The van der Waals surface area contributed by atoms with Crippen molar-refractivity contribution in [1.29, 1.82) is 0 Å². The number of aryl methyl sites for hydroxylation is 1. The van der Waals surface area contributed by atoms with Crippen molar-refractivity contribution in [3.8, 4) is 10.6 Å². The van der Waals surface area contributed by atoms with Gasteiger partial charge in [-0.25, -0.2) is 4.98 Å². The fourth-order valence-electron chi connectivity index (χ4n) is 2.44. The van der Waals surface area contributed by atoms with Gasteiger partial charge in [0.15, 0.2) is 0 Å². The molecular weight excluding hydrogens is 322 g/mol. The molecule has 1 amide bonds. The molecule has 6 nitrogen and oxygen atoms in total. The monoisotopic (exact) mass is 335 g/mol. The van der Waals surface area contributed by atoms with Crippen LogP contribution in [0.4, 0.5) is 5.69 Å². The largest absolute Gasteiger partial charge is 0.319 e. The number of carbonyl (C=O) groups excluding carboxylic acids is 1. The van der Waals surface area contributed by atoms with E-state index in [2.05, 4.69) is 20.4 Å². The highest BCUT2D eigenvalue weighted by Gasteiger charge is 2.14. The van der Waals surface area contributed by atoms with Crippen LogP contribution in [-0.4, -0.2) is 25.7 Å². The average Bonchev–Trinajstić information content (AvgIpc) is 3.24. The Balaban J connectivity index is 1.61. The molecule has 7 heteroatoms. The van der Waals surface area contributed by atoms with Crippen molar-refractivity contribution in [3.63, 3.8) is 0 Å². The number of hydrogen-bond donors (Lipinski definition) is 1. The molecule has 0 unspecified atom stereocenters. The van der Waals surface area contributed by atoms with Gasteiger partial charge in [0.2, 0.25) is 0 Å². The summed E-state index contributed by atoms with van der Waals surface area (Å²) in [6.45, 7) is 0. The van der Waals surface area contributed by atoms with Crippen LogP contribution in [0.15, 0.2) is 54.4 Å². The predicted octanol–water partition coefficient (Wildman–Crippen LogP) is 3.34. The number of hydrogen-bond acceptors (Lipinski definition) is 5. The lowest BCUT2D eigenvalue weighted by molar-refractivity contribution is 0.102. The number of aromatic nitrogens is 4. The van der Waals surface area contributed by atoms with Gasteiger partial charge in [0.25, 0.3) is 5.91 Å². The van der Waals surface area contributed by atoms with Gasteiger partial charge in [0.05, 0.1) is 18.1 Å². The second-order valence-electron chi connectivity index (χ2n) is 5.30. The normalized spacial score (nSPS) is 10.9. The molecule has 24 heavy (non-hydrogen) atoms. The molecule has 0 bridgehead atoms. The van der Waals surface area contributed by atoms with E-state index in [1.165, 1.54) is 11.3 Å². The highest BCUT2D eigenvalue weighted by atomic mass is 32.1. The number of carbonyl (C=O) groups is 1. The summed E-state index contributed by atoms with van der Waals surface area (Å²) in [7, 11) is 1.85. The van der Waals surface area contributed by atoms with Crippen molar-refractivity contribution in [2.24, 2.45) is 7.05 Å². The third-order valence-electron chi connectivity index (χ3n) is 3.61. The van der Waals surface area contributed by atoms with Crippen LogP contribution < -0.4 is 5.32 Å². The third-order valence-corrected chi connectivity index (χ3v) is 4.50. The maximum absolute atomic E-state index is 12.5. The zero-order valence-corrected chi connectivity index (χ0v) is 13.6. The minimum Gasteiger partial charge on any atom is -0.319 e. The first kappa shape index (κ1) is 14.5. The topological polar surface area (TPSA) is 72.7 Å². The van der Waals surface area contributed by atoms with E-state index < -0.39 is 0 Å². The molecule has 3 aromatic heterocycles. The number of nitrogens with zero attached hydrogens (tertiary/aromatic N) is 4. The van der Waals surface area contributed by atoms with Crippen LogP contribution in [0.5, 0.6) is 0 Å². The van der Waals surface area contributed by atoms with E-state index in [1.807, 2.05) is 37.5 Å². The standard InChI is InChI=1S/C17H13N5OS/c1-22-9-12(7-19-22)17-21-15(10-24-17)16(23)20-14-8-18-6-11-4-2-3-5-13(11)14/h2-10H,1H3,(H,20,23). The summed E-state index contributed by atoms with van der Waals surface area (Å²) in [5.41, 5.74) is 1.95. The number of nitrogens with one attached hydrogen (secondary N) is 1. The molecule has 0 saturated carbocycles. The van der Waals surface area contributed by atoms with Crippen LogP contribution in [0.25, 0.3) is 21.3 Å². The molecule has 4 aromatic rings. The maximum Gasteiger partial charge on any atom is 0.275 e. The van der Waals surface area contributed by atoms with Crippen LogP contribution >= 0.6 is 11.3 Å². The Bertz CT molecular complexity index is 1030. The van der Waals surface area contributed by atoms with E-state index in [1.54, 1.807) is 28.7 Å². The number of fused-ring (bicyclic) bond motifs is 1. The molecular formula is C17H13N5OS. The molecule has 0 fully saturated rings. The summed E-state index contributed by atoms with van der Waals surface area (Å²) in [6.07, 6.45) is 7.02. The Hall–Kier alpha value is -3.06. The van der Waals surface area contributed by atoms with E-state index in [0.29, 0.717) is 11.4 Å². The Morgan fingerprint density at radius 2 is 2.08 bits per heavy atom. The summed E-state index contributed by atoms with van der Waals surface area (Å²) >= 11 is 1.42. The van der Waals surface area contributed by atoms with Crippen molar-refractivity contribution in [3.05, 3.63) is 60.1 Å². The molecule has 0 aliphatic heterocycles. The molecule has 1 aromatic carbocycles. The Morgan fingerprint density at radius 1 is 1.21 bits per heavy atom. The van der Waals surface area contributed by atoms with Crippen molar-refractivity contribution < 1.29 is 4.79 Å². The molecule has 3 heterocycles. The zero-order valence-electron chi connectivity index (χ0n) is 12.8. The van der Waals surface area contributed by atoms with E-state index in [0.717, 1.165) is 21.3 Å². The van der Waals surface area contributed by atoms with Gasteiger partial charge in [0, 0.05) is 41.2 Å². The van der Waals surface area contributed by atoms with Crippen molar-refractivity contribution in [1.82, 2.24) is 19.7 Å². The van der Waals surface area contributed by atoms with Gasteiger partial charge in [-0.15, -0.1) is 11.3 Å². The lowest BCUT2D eigenvalue weighted by Gasteiger charge is -2.06. The minimum atomic E-state index is -0.250.